The molecule has 0 saturated carbocycles. The second kappa shape index (κ2) is 2.91. The van der Waals surface area contributed by atoms with Crippen molar-refractivity contribution in [2.45, 2.75) is 6.04 Å². The van der Waals surface area contributed by atoms with Gasteiger partial charge < -0.3 is 5.32 Å². The van der Waals surface area contributed by atoms with Crippen LogP contribution in [-0.4, -0.2) is 13.1 Å². The van der Waals surface area contributed by atoms with Crippen LogP contribution in [-0.2, 0) is 0 Å². The summed E-state index contributed by atoms with van der Waals surface area (Å²) in [5.41, 5.74) is 0. The van der Waals surface area contributed by atoms with E-state index in [1.165, 1.54) is 0 Å². The largest absolute Gasteiger partial charge is 0.314 e. The summed E-state index contributed by atoms with van der Waals surface area (Å²) in [4.78, 5) is 0. The summed E-state index contributed by atoms with van der Waals surface area (Å²) in [5.74, 6) is 0. The van der Waals surface area contributed by atoms with Gasteiger partial charge in [0, 0.05) is 6.04 Å². The van der Waals surface area contributed by atoms with Gasteiger partial charge in [-0.05, 0) is 14.0 Å². The first kappa shape index (κ1) is 5.70. The van der Waals surface area contributed by atoms with Crippen molar-refractivity contribution in [3.8, 4) is 0 Å². The van der Waals surface area contributed by atoms with Crippen LogP contribution in [0.1, 0.15) is 0 Å². The number of likely N-dealkylation sites (N-methyl/N-ethyl adjacent to an activating group) is 1. The van der Waals surface area contributed by atoms with Crippen LogP contribution in [0, 0.1) is 6.92 Å². The smallest absolute Gasteiger partial charge is 0.0245 e. The van der Waals surface area contributed by atoms with Crippen LogP contribution in [0.2, 0.25) is 0 Å². The lowest BCUT2D eigenvalue weighted by atomic mass is 10.3. The van der Waals surface area contributed by atoms with E-state index in [4.69, 9.17) is 0 Å². The first-order valence-electron chi connectivity index (χ1n) is 1.94. The maximum atomic E-state index is 3.65. The molecule has 0 fully saturated rings. The van der Waals surface area contributed by atoms with E-state index in [2.05, 4.69) is 18.8 Å². The molecule has 1 heteroatoms. The summed E-state index contributed by atoms with van der Waals surface area (Å²) in [6, 6.07) is 0.199. The molecule has 0 aliphatic rings. The predicted molar refractivity (Wildman–Crippen MR) is 28.4 cm³/mol. The summed E-state index contributed by atoms with van der Waals surface area (Å²) in [6.07, 6.45) is 1.75. The fourth-order valence-corrected chi connectivity index (χ4v) is 0.118. The number of nitrogens with one attached hydrogen (secondary N) is 1. The quantitative estimate of drug-likeness (QED) is 0.483. The molecule has 6 heavy (non-hydrogen) atoms. The van der Waals surface area contributed by atoms with E-state index >= 15 is 0 Å². The molecular formula is C5H10N. The van der Waals surface area contributed by atoms with Crippen LogP contribution in [0.25, 0.3) is 0 Å². The zero-order chi connectivity index (χ0) is 4.99. The highest BCUT2D eigenvalue weighted by Gasteiger charge is 1.82. The van der Waals surface area contributed by atoms with Crippen molar-refractivity contribution in [3.05, 3.63) is 19.6 Å². The lowest BCUT2D eigenvalue weighted by Gasteiger charge is -1.97. The zero-order valence-corrected chi connectivity index (χ0v) is 4.07. The summed E-state index contributed by atoms with van der Waals surface area (Å²) in [6.45, 7) is 7.15. The topological polar surface area (TPSA) is 12.0 Å². The Morgan fingerprint density at radius 1 is 1.83 bits per heavy atom. The Kier molecular flexibility index (Phi) is 2.77. The van der Waals surface area contributed by atoms with Gasteiger partial charge in [-0.1, -0.05) is 6.08 Å². The van der Waals surface area contributed by atoms with Crippen LogP contribution >= 0.6 is 0 Å². The Morgan fingerprint density at radius 3 is 2.33 bits per heavy atom. The molecule has 1 unspecified atom stereocenters. The minimum absolute atomic E-state index is 0.199. The van der Waals surface area contributed by atoms with Gasteiger partial charge in [-0.3, -0.25) is 0 Å². The molecule has 1 radical (unpaired) electrons. The van der Waals surface area contributed by atoms with Gasteiger partial charge in [0.05, 0.1) is 0 Å². The van der Waals surface area contributed by atoms with E-state index < -0.39 is 0 Å². The summed E-state index contributed by atoms with van der Waals surface area (Å²) in [7, 11) is 1.85. The highest BCUT2D eigenvalue weighted by atomic mass is 14.8. The van der Waals surface area contributed by atoms with E-state index in [9.17, 15) is 0 Å². The fraction of sp³-hybridized carbons (Fsp3) is 0.400. The van der Waals surface area contributed by atoms with Crippen molar-refractivity contribution in [1.82, 2.24) is 5.32 Å². The molecule has 0 saturated heterocycles. The highest BCUT2D eigenvalue weighted by Crippen LogP contribution is 1.73. The summed E-state index contributed by atoms with van der Waals surface area (Å²) in [5, 5.41) is 2.89. The van der Waals surface area contributed by atoms with Gasteiger partial charge >= 0.3 is 0 Å². The lowest BCUT2D eigenvalue weighted by Crippen LogP contribution is -2.17. The third-order valence-corrected chi connectivity index (χ3v) is 0.655. The summed E-state index contributed by atoms with van der Waals surface area (Å²) < 4.78 is 0. The molecule has 1 nitrogen and oxygen atoms in total. The molecule has 0 aromatic carbocycles. The molecule has 1 atom stereocenters. The van der Waals surface area contributed by atoms with Gasteiger partial charge in [0.15, 0.2) is 0 Å². The van der Waals surface area contributed by atoms with Crippen LogP contribution in [0.4, 0.5) is 0 Å². The molecule has 0 aromatic heterocycles. The van der Waals surface area contributed by atoms with Gasteiger partial charge in [-0.15, -0.1) is 6.58 Å². The molecule has 0 heterocycles. The first-order chi connectivity index (χ1) is 2.81. The number of rotatable bonds is 2. The van der Waals surface area contributed by atoms with Crippen LogP contribution in [0.3, 0.4) is 0 Å². The number of hydrogen-bond donors (Lipinski definition) is 1. The van der Waals surface area contributed by atoms with Gasteiger partial charge in [0.2, 0.25) is 0 Å². The second-order valence-corrected chi connectivity index (χ2v) is 1.13. The van der Waals surface area contributed by atoms with Crippen LogP contribution in [0.5, 0.6) is 0 Å². The van der Waals surface area contributed by atoms with E-state index in [1.54, 1.807) is 6.08 Å². The SMILES string of the molecule is [CH2]C(C=C)NC. The van der Waals surface area contributed by atoms with Crippen LogP contribution in [0.15, 0.2) is 12.7 Å². The molecule has 0 spiro atoms. The second-order valence-electron chi connectivity index (χ2n) is 1.13. The average Bonchev–Trinajstić information content (AvgIpc) is 1.65. The predicted octanol–water partition coefficient (Wildman–Crippen LogP) is 0.594. The average molecular weight is 84.1 g/mol. The van der Waals surface area contributed by atoms with Gasteiger partial charge in [0.25, 0.3) is 0 Å². The van der Waals surface area contributed by atoms with E-state index in [1.807, 2.05) is 7.05 Å². The standard InChI is InChI=1S/C5H10N/c1-4-5(2)6-3/h4-6H,1-2H2,3H3. The van der Waals surface area contributed by atoms with Crippen molar-refractivity contribution >= 4 is 0 Å². The Hall–Kier alpha value is -0.300. The van der Waals surface area contributed by atoms with E-state index in [0.717, 1.165) is 0 Å². The molecular weight excluding hydrogens is 74.1 g/mol. The van der Waals surface area contributed by atoms with Gasteiger partial charge in [-0.25, -0.2) is 0 Å². The molecule has 0 aliphatic heterocycles. The molecule has 0 aliphatic carbocycles. The van der Waals surface area contributed by atoms with Crippen molar-refractivity contribution < 1.29 is 0 Å². The van der Waals surface area contributed by atoms with Crippen LogP contribution < -0.4 is 5.32 Å². The summed E-state index contributed by atoms with van der Waals surface area (Å²) >= 11 is 0. The maximum Gasteiger partial charge on any atom is 0.0245 e. The van der Waals surface area contributed by atoms with Gasteiger partial charge in [0.1, 0.15) is 0 Å². The first-order valence-corrected chi connectivity index (χ1v) is 1.94. The molecule has 1 N–H and O–H groups in total. The van der Waals surface area contributed by atoms with Crippen molar-refractivity contribution in [1.29, 1.82) is 0 Å². The molecule has 0 rings (SSSR count). The van der Waals surface area contributed by atoms with Crippen molar-refractivity contribution in [2.75, 3.05) is 7.05 Å². The zero-order valence-electron chi connectivity index (χ0n) is 4.07. The van der Waals surface area contributed by atoms with Crippen molar-refractivity contribution in [2.24, 2.45) is 0 Å². The fourth-order valence-electron chi connectivity index (χ4n) is 0.118. The minimum Gasteiger partial charge on any atom is -0.314 e. The monoisotopic (exact) mass is 84.1 g/mol. The van der Waals surface area contributed by atoms with E-state index in [-0.39, 0.29) is 6.04 Å². The molecule has 0 amide bonds. The normalized spacial score (nSPS) is 13.7. The Balaban J connectivity index is 2.96. The highest BCUT2D eigenvalue weighted by molar-refractivity contribution is 4.85. The molecule has 0 bridgehead atoms. The molecule has 35 valence electrons. The maximum absolute atomic E-state index is 3.65. The number of hydrogen-bond acceptors (Lipinski definition) is 1. The third-order valence-electron chi connectivity index (χ3n) is 0.655. The Morgan fingerprint density at radius 2 is 2.33 bits per heavy atom. The van der Waals surface area contributed by atoms with E-state index in [0.29, 0.717) is 0 Å². The Bertz CT molecular complexity index is 41.2. The molecule has 0 aromatic rings. The van der Waals surface area contributed by atoms with Gasteiger partial charge in [-0.2, -0.15) is 0 Å². The lowest BCUT2D eigenvalue weighted by molar-refractivity contribution is 0.789. The van der Waals surface area contributed by atoms with Crippen molar-refractivity contribution in [3.63, 3.8) is 0 Å². The Labute approximate surface area is 39.1 Å². The minimum atomic E-state index is 0.199. The third kappa shape index (κ3) is 1.97.